The van der Waals surface area contributed by atoms with E-state index in [0.717, 1.165) is 22.6 Å². The highest BCUT2D eigenvalue weighted by Crippen LogP contribution is 2.58. The van der Waals surface area contributed by atoms with Crippen molar-refractivity contribution in [1.82, 2.24) is 5.32 Å². The Bertz CT molecular complexity index is 789. The zero-order valence-corrected chi connectivity index (χ0v) is 15.0. The van der Waals surface area contributed by atoms with Gasteiger partial charge in [0, 0.05) is 18.6 Å². The molecule has 0 bridgehead atoms. The van der Waals surface area contributed by atoms with E-state index in [9.17, 15) is 4.79 Å². The molecule has 4 atom stereocenters. The van der Waals surface area contributed by atoms with Crippen LogP contribution in [0.3, 0.4) is 0 Å². The molecular weight excluding hydrogens is 330 g/mol. The van der Waals surface area contributed by atoms with Crippen LogP contribution in [0.25, 0.3) is 0 Å². The number of rotatable bonds is 7. The Morgan fingerprint density at radius 2 is 1.96 bits per heavy atom. The number of benzene rings is 2. The molecule has 1 heterocycles. The van der Waals surface area contributed by atoms with Crippen molar-refractivity contribution in [2.24, 2.45) is 5.92 Å². The summed E-state index contributed by atoms with van der Waals surface area (Å²) >= 11 is 0. The Morgan fingerprint density at radius 1 is 1.19 bits per heavy atom. The number of fused-ring (bicyclic) bond motifs is 3. The molecular formula is C21H23NO4. The number of hydrogen-bond acceptors (Lipinski definition) is 4. The van der Waals surface area contributed by atoms with E-state index >= 15 is 0 Å². The molecule has 1 fully saturated rings. The first kappa shape index (κ1) is 16.9. The molecule has 2 aliphatic rings. The lowest BCUT2D eigenvalue weighted by Gasteiger charge is -2.19. The summed E-state index contributed by atoms with van der Waals surface area (Å²) in [7, 11) is 1.64. The average Bonchev–Trinajstić information content (AvgIpc) is 3.24. The fraction of sp³-hybridized carbons (Fsp3) is 0.381. The Morgan fingerprint density at radius 3 is 2.69 bits per heavy atom. The van der Waals surface area contributed by atoms with Gasteiger partial charge in [-0.1, -0.05) is 30.3 Å². The van der Waals surface area contributed by atoms with Gasteiger partial charge in [0.25, 0.3) is 0 Å². The molecule has 1 aliphatic heterocycles. The highest BCUT2D eigenvalue weighted by Gasteiger charge is 2.62. The van der Waals surface area contributed by atoms with Crippen molar-refractivity contribution < 1.29 is 19.0 Å². The van der Waals surface area contributed by atoms with Crippen molar-refractivity contribution in [3.8, 4) is 11.5 Å². The largest absolute Gasteiger partial charge is 0.494 e. The van der Waals surface area contributed by atoms with Crippen LogP contribution in [0, 0.1) is 5.92 Å². The Labute approximate surface area is 153 Å². The van der Waals surface area contributed by atoms with Gasteiger partial charge in [0.1, 0.15) is 17.6 Å². The SMILES string of the molecule is CCOc1ccc(C(COC)NC(=O)[C@@H]2C3Oc4ccccc4C32)cc1. The van der Waals surface area contributed by atoms with E-state index in [2.05, 4.69) is 5.32 Å². The average molecular weight is 353 g/mol. The predicted molar refractivity (Wildman–Crippen MR) is 97.5 cm³/mol. The number of ether oxygens (including phenoxy) is 3. The molecule has 0 aromatic heterocycles. The first-order valence-corrected chi connectivity index (χ1v) is 9.00. The molecule has 1 N–H and O–H groups in total. The summed E-state index contributed by atoms with van der Waals surface area (Å²) in [5.74, 6) is 1.80. The van der Waals surface area contributed by atoms with Gasteiger partial charge in [-0.3, -0.25) is 4.79 Å². The number of hydrogen-bond donors (Lipinski definition) is 1. The summed E-state index contributed by atoms with van der Waals surface area (Å²) in [5, 5.41) is 3.12. The summed E-state index contributed by atoms with van der Waals surface area (Å²) in [6.45, 7) is 3.00. The molecule has 3 unspecified atom stereocenters. The molecule has 0 saturated heterocycles. The molecule has 0 spiro atoms. The standard InChI is InChI=1S/C21H23NO4/c1-3-25-14-10-8-13(9-11-14)16(12-24-2)22-21(23)19-18-15-6-4-5-7-17(15)26-20(18)19/h4-11,16,18-20H,3,12H2,1-2H3,(H,22,23)/t16?,18?,19-,20?/m0/s1. The van der Waals surface area contributed by atoms with Crippen LogP contribution < -0.4 is 14.8 Å². The number of para-hydroxylation sites is 1. The van der Waals surface area contributed by atoms with Crippen LogP contribution in [0.4, 0.5) is 0 Å². The monoisotopic (exact) mass is 353 g/mol. The second kappa shape index (κ2) is 7.00. The molecule has 136 valence electrons. The molecule has 2 aromatic rings. The highest BCUT2D eigenvalue weighted by molar-refractivity contribution is 5.86. The van der Waals surface area contributed by atoms with E-state index in [1.54, 1.807) is 7.11 Å². The van der Waals surface area contributed by atoms with E-state index in [1.165, 1.54) is 0 Å². The molecule has 1 amide bonds. The lowest BCUT2D eigenvalue weighted by atomic mass is 10.1. The molecule has 4 rings (SSSR count). The van der Waals surface area contributed by atoms with Crippen molar-refractivity contribution in [2.45, 2.75) is 25.0 Å². The third-order valence-electron chi connectivity index (χ3n) is 5.04. The third kappa shape index (κ3) is 3.03. The lowest BCUT2D eigenvalue weighted by Crippen LogP contribution is -2.34. The third-order valence-corrected chi connectivity index (χ3v) is 5.04. The van der Waals surface area contributed by atoms with Gasteiger partial charge in [-0.2, -0.15) is 0 Å². The number of nitrogens with one attached hydrogen (secondary N) is 1. The van der Waals surface area contributed by atoms with Gasteiger partial charge in [0.05, 0.1) is 25.2 Å². The van der Waals surface area contributed by atoms with Crippen molar-refractivity contribution >= 4 is 5.91 Å². The highest BCUT2D eigenvalue weighted by atomic mass is 16.5. The van der Waals surface area contributed by atoms with Gasteiger partial charge in [-0.05, 0) is 30.7 Å². The Hall–Kier alpha value is -2.53. The van der Waals surface area contributed by atoms with Gasteiger partial charge in [-0.15, -0.1) is 0 Å². The predicted octanol–water partition coefficient (Wildman–Crippen LogP) is 3.06. The number of carbonyl (C=O) groups is 1. The smallest absolute Gasteiger partial charge is 0.228 e. The van der Waals surface area contributed by atoms with Crippen LogP contribution in [0.5, 0.6) is 11.5 Å². The lowest BCUT2D eigenvalue weighted by molar-refractivity contribution is -0.124. The molecule has 26 heavy (non-hydrogen) atoms. The zero-order valence-electron chi connectivity index (χ0n) is 15.0. The molecule has 5 heteroatoms. The van der Waals surface area contributed by atoms with E-state index in [1.807, 2.05) is 55.5 Å². The van der Waals surface area contributed by atoms with Gasteiger partial charge < -0.3 is 19.5 Å². The molecule has 2 aromatic carbocycles. The normalized spacial score (nSPS) is 23.4. The van der Waals surface area contributed by atoms with Crippen molar-refractivity contribution in [3.05, 3.63) is 59.7 Å². The molecule has 1 saturated carbocycles. The number of carbonyl (C=O) groups excluding carboxylic acids is 1. The second-order valence-electron chi connectivity index (χ2n) is 6.69. The van der Waals surface area contributed by atoms with E-state index < -0.39 is 0 Å². The van der Waals surface area contributed by atoms with Crippen LogP contribution in [0.2, 0.25) is 0 Å². The van der Waals surface area contributed by atoms with E-state index in [4.69, 9.17) is 14.2 Å². The van der Waals surface area contributed by atoms with Crippen LogP contribution in [0.15, 0.2) is 48.5 Å². The fourth-order valence-corrected chi connectivity index (χ4v) is 3.74. The van der Waals surface area contributed by atoms with Gasteiger partial charge in [-0.25, -0.2) is 0 Å². The number of amides is 1. The first-order valence-electron chi connectivity index (χ1n) is 9.00. The first-order chi connectivity index (χ1) is 12.7. The maximum Gasteiger partial charge on any atom is 0.228 e. The van der Waals surface area contributed by atoms with Crippen LogP contribution in [-0.4, -0.2) is 32.3 Å². The Balaban J connectivity index is 1.44. The van der Waals surface area contributed by atoms with Crippen molar-refractivity contribution in [1.29, 1.82) is 0 Å². The van der Waals surface area contributed by atoms with Gasteiger partial charge >= 0.3 is 0 Å². The summed E-state index contributed by atoms with van der Waals surface area (Å²) in [4.78, 5) is 12.8. The summed E-state index contributed by atoms with van der Waals surface area (Å²) in [5.41, 5.74) is 2.14. The Kier molecular flexibility index (Phi) is 4.55. The topological polar surface area (TPSA) is 56.8 Å². The van der Waals surface area contributed by atoms with Crippen molar-refractivity contribution in [3.63, 3.8) is 0 Å². The van der Waals surface area contributed by atoms with Crippen LogP contribution >= 0.6 is 0 Å². The minimum Gasteiger partial charge on any atom is -0.494 e. The fourth-order valence-electron chi connectivity index (χ4n) is 3.74. The second-order valence-corrected chi connectivity index (χ2v) is 6.69. The summed E-state index contributed by atoms with van der Waals surface area (Å²) in [6, 6.07) is 15.5. The van der Waals surface area contributed by atoms with Gasteiger partial charge in [0.2, 0.25) is 5.91 Å². The maximum atomic E-state index is 12.8. The van der Waals surface area contributed by atoms with Crippen molar-refractivity contribution in [2.75, 3.05) is 20.3 Å². The molecule has 0 radical (unpaired) electrons. The summed E-state index contributed by atoms with van der Waals surface area (Å²) in [6.07, 6.45) is -0.0316. The van der Waals surface area contributed by atoms with Gasteiger partial charge in [0.15, 0.2) is 0 Å². The minimum absolute atomic E-state index is 0.0189. The van der Waals surface area contributed by atoms with E-state index in [0.29, 0.717) is 13.2 Å². The minimum atomic E-state index is -0.195. The maximum absolute atomic E-state index is 12.8. The van der Waals surface area contributed by atoms with Crippen LogP contribution in [-0.2, 0) is 9.53 Å². The van der Waals surface area contributed by atoms with Crippen LogP contribution in [0.1, 0.15) is 30.0 Å². The van der Waals surface area contributed by atoms with E-state index in [-0.39, 0.29) is 29.9 Å². The quantitative estimate of drug-likeness (QED) is 0.831. The zero-order chi connectivity index (χ0) is 18.1. The molecule has 1 aliphatic carbocycles. The summed E-state index contributed by atoms with van der Waals surface area (Å²) < 4.78 is 16.7. The molecule has 5 nitrogen and oxygen atoms in total. The number of methoxy groups -OCH3 is 1.